The molecule has 1 N–H and O–H groups in total. The molecule has 0 unspecified atom stereocenters. The Labute approximate surface area is 278 Å². The van der Waals surface area contributed by atoms with Gasteiger partial charge in [-0.25, -0.2) is 28.1 Å². The minimum absolute atomic E-state index is 0. The summed E-state index contributed by atoms with van der Waals surface area (Å²) in [5, 5.41) is 0. The van der Waals surface area contributed by atoms with Crippen molar-refractivity contribution in [1.29, 1.82) is 0 Å². The van der Waals surface area contributed by atoms with Crippen LogP contribution in [0, 0.1) is 19.3 Å². The molecule has 0 saturated heterocycles. The van der Waals surface area contributed by atoms with Gasteiger partial charge in [0.15, 0.2) is 5.75 Å². The average Bonchev–Trinajstić information content (AvgIpc) is 2.95. The monoisotopic (exact) mass is 666 g/mol. The van der Waals surface area contributed by atoms with E-state index < -0.39 is 10.0 Å². The first kappa shape index (κ1) is 35.1. The first-order valence-electron chi connectivity index (χ1n) is 15.2. The maximum Gasteiger partial charge on any atom is 0.264 e. The molecule has 0 amide bonds. The van der Waals surface area contributed by atoms with Gasteiger partial charge in [0.25, 0.3) is 10.0 Å². The van der Waals surface area contributed by atoms with E-state index in [4.69, 9.17) is 9.47 Å². The molecular weight excluding hydrogens is 624 g/mol. The molecule has 0 radical (unpaired) electrons. The normalized spacial score (nSPS) is 16.6. The minimum atomic E-state index is -4.00. The van der Waals surface area contributed by atoms with Crippen molar-refractivity contribution >= 4 is 28.4 Å². The SMILES string of the molecule is Cc1cccc(C)c1-c1cc2nc(n1)NS(=O)(=O)c1cccc(c1)CN(Cc1ncc(OC(C)C)cn1)[C@H](CC(C)(C)C)CO2.Cl. The molecule has 0 spiro atoms. The van der Waals surface area contributed by atoms with Gasteiger partial charge in [-0.15, -0.1) is 12.4 Å². The Balaban J connectivity index is 0.00000480. The van der Waals surface area contributed by atoms with E-state index in [0.717, 1.165) is 28.7 Å². The number of sulfonamides is 1. The number of ether oxygens (including phenoxy) is 2. The Morgan fingerprint density at radius 1 is 1.02 bits per heavy atom. The van der Waals surface area contributed by atoms with Crippen LogP contribution in [0.5, 0.6) is 11.6 Å². The van der Waals surface area contributed by atoms with Crippen molar-refractivity contribution in [2.45, 2.75) is 85.0 Å². The summed E-state index contributed by atoms with van der Waals surface area (Å²) in [5.74, 6) is 1.48. The molecule has 0 saturated carbocycles. The van der Waals surface area contributed by atoms with Gasteiger partial charge >= 0.3 is 0 Å². The van der Waals surface area contributed by atoms with E-state index in [0.29, 0.717) is 37.0 Å². The molecule has 4 aromatic rings. The number of hydrogen-bond acceptors (Lipinski definition) is 9. The lowest BCUT2D eigenvalue weighted by Gasteiger charge is -2.35. The number of hydrogen-bond donors (Lipinski definition) is 1. The molecular formula is C34H43ClN6O4S. The van der Waals surface area contributed by atoms with Gasteiger partial charge in [-0.3, -0.25) is 4.90 Å². The maximum atomic E-state index is 13.6. The van der Waals surface area contributed by atoms with E-state index in [9.17, 15) is 8.42 Å². The summed E-state index contributed by atoms with van der Waals surface area (Å²) in [6.45, 7) is 15.7. The van der Waals surface area contributed by atoms with Crippen molar-refractivity contribution < 1.29 is 17.9 Å². The molecule has 2 aromatic carbocycles. The highest BCUT2D eigenvalue weighted by atomic mass is 35.5. The fourth-order valence-electron chi connectivity index (χ4n) is 5.55. The van der Waals surface area contributed by atoms with Crippen LogP contribution in [0.2, 0.25) is 0 Å². The Hall–Kier alpha value is -3.80. The molecule has 246 valence electrons. The van der Waals surface area contributed by atoms with Crippen molar-refractivity contribution in [3.63, 3.8) is 0 Å². The third-order valence-electron chi connectivity index (χ3n) is 7.45. The number of halogens is 1. The van der Waals surface area contributed by atoms with Crippen LogP contribution < -0.4 is 14.2 Å². The summed E-state index contributed by atoms with van der Waals surface area (Å²) in [5.41, 5.74) is 4.31. The highest BCUT2D eigenvalue weighted by Gasteiger charge is 2.28. The molecule has 0 fully saturated rings. The zero-order chi connectivity index (χ0) is 32.4. The van der Waals surface area contributed by atoms with E-state index in [-0.39, 0.29) is 46.7 Å². The Morgan fingerprint density at radius 2 is 1.70 bits per heavy atom. The van der Waals surface area contributed by atoms with Crippen molar-refractivity contribution in [2.75, 3.05) is 11.3 Å². The summed E-state index contributed by atoms with van der Waals surface area (Å²) < 4.78 is 42.0. The van der Waals surface area contributed by atoms with Gasteiger partial charge in [0.1, 0.15) is 12.4 Å². The fraction of sp³-hybridized carbons (Fsp3) is 0.412. The summed E-state index contributed by atoms with van der Waals surface area (Å²) >= 11 is 0. The topological polar surface area (TPSA) is 119 Å². The van der Waals surface area contributed by atoms with Crippen molar-refractivity contribution in [3.8, 4) is 22.9 Å². The highest BCUT2D eigenvalue weighted by Crippen LogP contribution is 2.31. The zero-order valence-electron chi connectivity index (χ0n) is 27.4. The molecule has 0 aliphatic carbocycles. The van der Waals surface area contributed by atoms with Crippen LogP contribution in [0.15, 0.2) is 65.8 Å². The van der Waals surface area contributed by atoms with Crippen LogP contribution >= 0.6 is 12.4 Å². The lowest BCUT2D eigenvalue weighted by atomic mass is 9.87. The van der Waals surface area contributed by atoms with E-state index in [1.54, 1.807) is 36.7 Å². The predicted molar refractivity (Wildman–Crippen MR) is 182 cm³/mol. The molecule has 1 atom stereocenters. The summed E-state index contributed by atoms with van der Waals surface area (Å²) in [6, 6.07) is 14.6. The maximum absolute atomic E-state index is 13.6. The summed E-state index contributed by atoms with van der Waals surface area (Å²) in [4.78, 5) is 20.7. The standard InChI is InChI=1S/C34H42N6O4S.ClH/c1-22(2)44-27-17-35-30(36-18-27)20-40-19-25-12-9-13-28(14-25)45(41,42)39-33-37-29(32-23(3)10-8-11-24(32)4)15-31(38-33)43-21-26(40)16-34(5,6)7;/h8-15,17-18,22,26H,16,19-21H2,1-7H3,(H,37,38,39);1H/t26-;/m1./s1. The second kappa shape index (κ2) is 14.3. The number of nitrogens with one attached hydrogen (secondary N) is 1. The number of benzene rings is 2. The minimum Gasteiger partial charge on any atom is -0.488 e. The zero-order valence-corrected chi connectivity index (χ0v) is 29.1. The van der Waals surface area contributed by atoms with Gasteiger partial charge in [-0.2, -0.15) is 4.98 Å². The predicted octanol–water partition coefficient (Wildman–Crippen LogP) is 6.76. The highest BCUT2D eigenvalue weighted by molar-refractivity contribution is 7.92. The van der Waals surface area contributed by atoms with E-state index in [1.807, 2.05) is 52.0 Å². The third kappa shape index (κ3) is 8.92. The van der Waals surface area contributed by atoms with Crippen molar-refractivity contribution in [2.24, 2.45) is 5.41 Å². The van der Waals surface area contributed by atoms with Crippen LogP contribution in [0.4, 0.5) is 5.95 Å². The van der Waals surface area contributed by atoms with Crippen LogP contribution in [0.25, 0.3) is 11.3 Å². The molecule has 2 aromatic heterocycles. The number of rotatable bonds is 6. The Kier molecular flexibility index (Phi) is 10.9. The number of fused-ring (bicyclic) bond motifs is 4. The molecule has 46 heavy (non-hydrogen) atoms. The quantitative estimate of drug-likeness (QED) is 0.238. The van der Waals surface area contributed by atoms with Gasteiger partial charge in [0.05, 0.1) is 35.6 Å². The van der Waals surface area contributed by atoms with Gasteiger partial charge in [-0.05, 0) is 68.4 Å². The Bertz CT molecular complexity index is 1740. The van der Waals surface area contributed by atoms with E-state index in [2.05, 4.69) is 50.3 Å². The lowest BCUT2D eigenvalue weighted by molar-refractivity contribution is 0.0834. The first-order chi connectivity index (χ1) is 21.3. The second-order valence-corrected chi connectivity index (χ2v) is 14.8. The van der Waals surface area contributed by atoms with Gasteiger partial charge in [0.2, 0.25) is 11.8 Å². The fourth-order valence-corrected chi connectivity index (χ4v) is 6.56. The van der Waals surface area contributed by atoms with E-state index in [1.165, 1.54) is 0 Å². The molecule has 1 aliphatic rings. The number of nitrogens with zero attached hydrogens (tertiary/aromatic N) is 5. The first-order valence-corrected chi connectivity index (χ1v) is 16.7. The van der Waals surface area contributed by atoms with Crippen LogP contribution in [-0.4, -0.2) is 52.0 Å². The number of aromatic nitrogens is 4. The van der Waals surface area contributed by atoms with Crippen molar-refractivity contribution in [1.82, 2.24) is 24.8 Å². The summed E-state index contributed by atoms with van der Waals surface area (Å²) in [7, 11) is -4.00. The average molecular weight is 667 g/mol. The Morgan fingerprint density at radius 3 is 2.35 bits per heavy atom. The van der Waals surface area contributed by atoms with Gasteiger partial charge in [0, 0.05) is 24.2 Å². The van der Waals surface area contributed by atoms with Gasteiger partial charge in [-0.1, -0.05) is 51.1 Å². The smallest absolute Gasteiger partial charge is 0.264 e. The van der Waals surface area contributed by atoms with Crippen LogP contribution in [0.3, 0.4) is 0 Å². The second-order valence-electron chi connectivity index (χ2n) is 13.1. The van der Waals surface area contributed by atoms with E-state index >= 15 is 0 Å². The molecule has 1 aliphatic heterocycles. The van der Waals surface area contributed by atoms with Gasteiger partial charge < -0.3 is 9.47 Å². The molecule has 10 nitrogen and oxygen atoms in total. The largest absolute Gasteiger partial charge is 0.488 e. The summed E-state index contributed by atoms with van der Waals surface area (Å²) in [6.07, 6.45) is 4.19. The third-order valence-corrected chi connectivity index (χ3v) is 8.77. The molecule has 3 heterocycles. The molecule has 5 rings (SSSR count). The molecule has 12 heteroatoms. The van der Waals surface area contributed by atoms with Crippen molar-refractivity contribution in [3.05, 3.63) is 83.4 Å². The lowest BCUT2D eigenvalue weighted by Crippen LogP contribution is -2.41. The van der Waals surface area contributed by atoms with Crippen LogP contribution in [0.1, 0.15) is 63.6 Å². The number of aryl methyl sites for hydroxylation is 2. The number of anilines is 1. The van der Waals surface area contributed by atoms with Crippen LogP contribution in [-0.2, 0) is 23.1 Å². The molecule has 4 bridgehead atoms.